The van der Waals surface area contributed by atoms with Gasteiger partial charge in [-0.2, -0.15) is 0 Å². The van der Waals surface area contributed by atoms with Crippen molar-refractivity contribution >= 4 is 11.9 Å². The van der Waals surface area contributed by atoms with Crippen molar-refractivity contribution in [2.75, 3.05) is 31.1 Å². The third kappa shape index (κ3) is 3.55. The molecule has 0 unspecified atom stereocenters. The zero-order valence-electron chi connectivity index (χ0n) is 13.9. The molecule has 3 rings (SSSR count). The van der Waals surface area contributed by atoms with Crippen molar-refractivity contribution < 1.29 is 13.6 Å². The van der Waals surface area contributed by atoms with Crippen LogP contribution in [0.4, 0.5) is 10.4 Å². The first-order valence-corrected chi connectivity index (χ1v) is 8.18. The van der Waals surface area contributed by atoms with Gasteiger partial charge >= 0.3 is 6.01 Å². The van der Waals surface area contributed by atoms with Crippen LogP contribution in [-0.2, 0) is 0 Å². The third-order valence-electron chi connectivity index (χ3n) is 4.07. The van der Waals surface area contributed by atoms with E-state index in [0.717, 1.165) is 13.0 Å². The minimum atomic E-state index is -0.342. The standard InChI is InChI=1S/C17H21FN4O2/c1-12(2)15-19-20-17(24-15)22-9-3-8-21(10-11-22)16(23)13-4-6-14(18)7-5-13/h4-7,12H,3,8-11H2,1-2H3. The van der Waals surface area contributed by atoms with Gasteiger partial charge in [0.2, 0.25) is 5.89 Å². The van der Waals surface area contributed by atoms with Crippen molar-refractivity contribution in [1.82, 2.24) is 15.1 Å². The Hall–Kier alpha value is -2.44. The van der Waals surface area contributed by atoms with Gasteiger partial charge in [-0.15, -0.1) is 5.10 Å². The smallest absolute Gasteiger partial charge is 0.318 e. The van der Waals surface area contributed by atoms with E-state index in [0.29, 0.717) is 37.1 Å². The number of anilines is 1. The Morgan fingerprint density at radius 3 is 2.54 bits per heavy atom. The van der Waals surface area contributed by atoms with Gasteiger partial charge in [0.1, 0.15) is 5.82 Å². The van der Waals surface area contributed by atoms with Gasteiger partial charge < -0.3 is 14.2 Å². The van der Waals surface area contributed by atoms with E-state index in [1.165, 1.54) is 24.3 Å². The van der Waals surface area contributed by atoms with Crippen molar-refractivity contribution in [1.29, 1.82) is 0 Å². The number of nitrogens with zero attached hydrogens (tertiary/aromatic N) is 4. The van der Waals surface area contributed by atoms with Gasteiger partial charge in [-0.25, -0.2) is 4.39 Å². The number of amides is 1. The molecule has 1 saturated heterocycles. The third-order valence-corrected chi connectivity index (χ3v) is 4.07. The van der Waals surface area contributed by atoms with Crippen LogP contribution in [0.5, 0.6) is 0 Å². The average Bonchev–Trinajstić information content (AvgIpc) is 2.94. The van der Waals surface area contributed by atoms with Crippen LogP contribution in [0.3, 0.4) is 0 Å². The number of hydrogen-bond acceptors (Lipinski definition) is 5. The second-order valence-electron chi connectivity index (χ2n) is 6.22. The molecule has 0 spiro atoms. The molecule has 0 saturated carbocycles. The Morgan fingerprint density at radius 2 is 1.88 bits per heavy atom. The molecule has 24 heavy (non-hydrogen) atoms. The van der Waals surface area contributed by atoms with Gasteiger partial charge in [0.15, 0.2) is 0 Å². The lowest BCUT2D eigenvalue weighted by Crippen LogP contribution is -2.35. The first-order valence-electron chi connectivity index (χ1n) is 8.18. The summed E-state index contributed by atoms with van der Waals surface area (Å²) in [5, 5.41) is 8.16. The zero-order chi connectivity index (χ0) is 17.1. The Bertz CT molecular complexity index is 699. The summed E-state index contributed by atoms with van der Waals surface area (Å²) in [7, 11) is 0. The summed E-state index contributed by atoms with van der Waals surface area (Å²) in [6, 6.07) is 6.17. The first-order chi connectivity index (χ1) is 11.5. The molecule has 2 aromatic rings. The van der Waals surface area contributed by atoms with Crippen LogP contribution in [0.1, 0.15) is 42.4 Å². The molecular weight excluding hydrogens is 311 g/mol. The fourth-order valence-corrected chi connectivity index (χ4v) is 2.67. The largest absolute Gasteiger partial charge is 0.408 e. The maximum Gasteiger partial charge on any atom is 0.318 e. The monoisotopic (exact) mass is 332 g/mol. The zero-order valence-corrected chi connectivity index (χ0v) is 13.9. The maximum atomic E-state index is 13.0. The second-order valence-corrected chi connectivity index (χ2v) is 6.22. The van der Waals surface area contributed by atoms with Gasteiger partial charge in [0.25, 0.3) is 5.91 Å². The van der Waals surface area contributed by atoms with Crippen molar-refractivity contribution in [2.24, 2.45) is 0 Å². The molecule has 0 atom stereocenters. The fourth-order valence-electron chi connectivity index (χ4n) is 2.67. The van der Waals surface area contributed by atoms with Gasteiger partial charge in [-0.05, 0) is 30.7 Å². The summed E-state index contributed by atoms with van der Waals surface area (Å²) in [4.78, 5) is 16.3. The number of aromatic nitrogens is 2. The van der Waals surface area contributed by atoms with E-state index in [-0.39, 0.29) is 17.6 Å². The summed E-state index contributed by atoms with van der Waals surface area (Å²) < 4.78 is 18.7. The molecule has 2 heterocycles. The van der Waals surface area contributed by atoms with Gasteiger partial charge in [0, 0.05) is 37.7 Å². The normalized spacial score (nSPS) is 15.7. The molecule has 6 nitrogen and oxygen atoms in total. The molecule has 1 aromatic heterocycles. The van der Waals surface area contributed by atoms with Crippen LogP contribution >= 0.6 is 0 Å². The molecule has 7 heteroatoms. The number of hydrogen-bond donors (Lipinski definition) is 0. The highest BCUT2D eigenvalue weighted by Crippen LogP contribution is 2.20. The summed E-state index contributed by atoms with van der Waals surface area (Å²) in [6.07, 6.45) is 0.812. The van der Waals surface area contributed by atoms with E-state index in [1.807, 2.05) is 18.7 Å². The quantitative estimate of drug-likeness (QED) is 0.865. The number of rotatable bonds is 3. The molecule has 128 valence electrons. The summed E-state index contributed by atoms with van der Waals surface area (Å²) >= 11 is 0. The molecule has 1 amide bonds. The van der Waals surface area contributed by atoms with E-state index in [9.17, 15) is 9.18 Å². The van der Waals surface area contributed by atoms with Gasteiger partial charge in [-0.1, -0.05) is 18.9 Å². The Morgan fingerprint density at radius 1 is 1.12 bits per heavy atom. The lowest BCUT2D eigenvalue weighted by atomic mass is 10.2. The number of carbonyl (C=O) groups is 1. The lowest BCUT2D eigenvalue weighted by molar-refractivity contribution is 0.0767. The van der Waals surface area contributed by atoms with Crippen LogP contribution in [0.25, 0.3) is 0 Å². The minimum Gasteiger partial charge on any atom is -0.408 e. The lowest BCUT2D eigenvalue weighted by Gasteiger charge is -2.21. The topological polar surface area (TPSA) is 62.5 Å². The van der Waals surface area contributed by atoms with Crippen molar-refractivity contribution in [3.05, 3.63) is 41.5 Å². The van der Waals surface area contributed by atoms with Crippen molar-refractivity contribution in [3.8, 4) is 0 Å². The molecule has 1 aromatic carbocycles. The van der Waals surface area contributed by atoms with Crippen LogP contribution in [0.15, 0.2) is 28.7 Å². The van der Waals surface area contributed by atoms with E-state index in [4.69, 9.17) is 4.42 Å². The molecule has 1 aliphatic rings. The summed E-state index contributed by atoms with van der Waals surface area (Å²) in [5.41, 5.74) is 0.504. The van der Waals surface area contributed by atoms with Gasteiger partial charge in [0.05, 0.1) is 0 Å². The number of halogens is 1. The van der Waals surface area contributed by atoms with Crippen LogP contribution in [-0.4, -0.2) is 47.2 Å². The minimum absolute atomic E-state index is 0.0785. The highest BCUT2D eigenvalue weighted by Gasteiger charge is 2.23. The molecule has 0 N–H and O–H groups in total. The highest BCUT2D eigenvalue weighted by molar-refractivity contribution is 5.94. The average molecular weight is 332 g/mol. The molecule has 0 aliphatic carbocycles. The molecule has 1 fully saturated rings. The van der Waals surface area contributed by atoms with Gasteiger partial charge in [-0.3, -0.25) is 4.79 Å². The molecule has 0 bridgehead atoms. The number of benzene rings is 1. The molecular formula is C17H21FN4O2. The van der Waals surface area contributed by atoms with Crippen LogP contribution in [0, 0.1) is 5.82 Å². The molecule has 1 aliphatic heterocycles. The van der Waals surface area contributed by atoms with E-state index in [2.05, 4.69) is 10.2 Å². The summed E-state index contributed by atoms with van der Waals surface area (Å²) in [5.74, 6) is 0.388. The van der Waals surface area contributed by atoms with Crippen molar-refractivity contribution in [3.63, 3.8) is 0 Å². The predicted molar refractivity (Wildman–Crippen MR) is 87.5 cm³/mol. The maximum absolute atomic E-state index is 13.0. The fraction of sp³-hybridized carbons (Fsp3) is 0.471. The van der Waals surface area contributed by atoms with Crippen molar-refractivity contribution in [2.45, 2.75) is 26.2 Å². The Balaban J connectivity index is 1.66. The second kappa shape index (κ2) is 6.98. The SMILES string of the molecule is CC(C)c1nnc(N2CCCN(C(=O)c3ccc(F)cc3)CC2)o1. The van der Waals surface area contributed by atoms with Crippen LogP contribution in [0.2, 0.25) is 0 Å². The number of carbonyl (C=O) groups excluding carboxylic acids is 1. The van der Waals surface area contributed by atoms with Crippen LogP contribution < -0.4 is 4.90 Å². The highest BCUT2D eigenvalue weighted by atomic mass is 19.1. The molecule has 0 radical (unpaired) electrons. The van der Waals surface area contributed by atoms with E-state index >= 15 is 0 Å². The Labute approximate surface area is 140 Å². The first kappa shape index (κ1) is 16.4. The predicted octanol–water partition coefficient (Wildman–Crippen LogP) is 2.68. The van der Waals surface area contributed by atoms with E-state index < -0.39 is 0 Å². The Kier molecular flexibility index (Phi) is 4.78. The van der Waals surface area contributed by atoms with E-state index in [1.54, 1.807) is 4.90 Å². The summed E-state index contributed by atoms with van der Waals surface area (Å²) in [6.45, 7) is 6.61.